The molecule has 0 spiro atoms. The van der Waals surface area contributed by atoms with Crippen LogP contribution in [0.4, 0.5) is 0 Å². The second kappa shape index (κ2) is 5.43. The van der Waals surface area contributed by atoms with Gasteiger partial charge in [0.15, 0.2) is 5.78 Å². The number of rotatable bonds is 3. The molecular formula is C14H12Cl2OS. The predicted octanol–water partition coefficient (Wildman–Crippen LogP) is 5.10. The van der Waals surface area contributed by atoms with Crippen molar-refractivity contribution in [3.63, 3.8) is 0 Å². The number of hydrogen-bond acceptors (Lipinski definition) is 2. The monoisotopic (exact) mass is 298 g/mol. The fraction of sp³-hybridized carbons (Fsp3) is 0.214. The number of ketones is 1. The van der Waals surface area contributed by atoms with Crippen molar-refractivity contribution in [1.82, 2.24) is 0 Å². The number of Topliss-reactive ketones (excluding diaryl/α,β-unsaturated/α-hetero) is 1. The minimum Gasteiger partial charge on any atom is -0.293 e. The zero-order valence-corrected chi connectivity index (χ0v) is 12.4. The van der Waals surface area contributed by atoms with Crippen LogP contribution in [0, 0.1) is 13.8 Å². The summed E-state index contributed by atoms with van der Waals surface area (Å²) in [5.74, 6) is 0.0837. The maximum Gasteiger partial charge on any atom is 0.177 e. The van der Waals surface area contributed by atoms with Crippen LogP contribution in [0.5, 0.6) is 0 Å². The maximum absolute atomic E-state index is 12.2. The van der Waals surface area contributed by atoms with Gasteiger partial charge < -0.3 is 0 Å². The summed E-state index contributed by atoms with van der Waals surface area (Å²) in [4.78, 5) is 14.1. The fourth-order valence-corrected chi connectivity index (χ4v) is 3.01. The highest BCUT2D eigenvalue weighted by atomic mass is 35.5. The molecule has 0 fully saturated rings. The molecule has 0 radical (unpaired) electrons. The van der Waals surface area contributed by atoms with Crippen LogP contribution >= 0.6 is 34.5 Å². The summed E-state index contributed by atoms with van der Waals surface area (Å²) in [6.07, 6.45) is 0.290. The van der Waals surface area contributed by atoms with Crippen LogP contribution in [0.25, 0.3) is 0 Å². The first kappa shape index (κ1) is 13.6. The first-order chi connectivity index (χ1) is 8.49. The first-order valence-corrected chi connectivity index (χ1v) is 7.09. The standard InChI is InChI=1S/C14H12Cl2OS/c1-8-6-13(18-9(8)2)12(17)7-10-4-3-5-11(15)14(10)16/h3-6H,7H2,1-2H3. The van der Waals surface area contributed by atoms with E-state index in [1.54, 1.807) is 6.07 Å². The average molecular weight is 299 g/mol. The third-order valence-electron chi connectivity index (χ3n) is 2.82. The van der Waals surface area contributed by atoms with E-state index >= 15 is 0 Å². The third-order valence-corrected chi connectivity index (χ3v) is 4.88. The third kappa shape index (κ3) is 2.77. The van der Waals surface area contributed by atoms with E-state index in [1.807, 2.05) is 32.0 Å². The van der Waals surface area contributed by atoms with Crippen LogP contribution in [-0.2, 0) is 6.42 Å². The number of carbonyl (C=O) groups is 1. The highest BCUT2D eigenvalue weighted by molar-refractivity contribution is 7.14. The molecule has 1 heterocycles. The van der Waals surface area contributed by atoms with Crippen molar-refractivity contribution in [3.8, 4) is 0 Å². The number of hydrogen-bond donors (Lipinski definition) is 0. The molecule has 2 aromatic rings. The molecule has 18 heavy (non-hydrogen) atoms. The second-order valence-corrected chi connectivity index (χ2v) is 6.20. The van der Waals surface area contributed by atoms with Crippen LogP contribution in [0.15, 0.2) is 24.3 Å². The Bertz CT molecular complexity index is 582. The van der Waals surface area contributed by atoms with E-state index in [0.717, 1.165) is 16.0 Å². The molecule has 0 atom stereocenters. The van der Waals surface area contributed by atoms with Crippen LogP contribution in [0.3, 0.4) is 0 Å². The molecule has 2 rings (SSSR count). The summed E-state index contributed by atoms with van der Waals surface area (Å²) in [7, 11) is 0. The van der Waals surface area contributed by atoms with Gasteiger partial charge in [-0.25, -0.2) is 0 Å². The molecule has 0 saturated heterocycles. The summed E-state index contributed by atoms with van der Waals surface area (Å²) < 4.78 is 0. The van der Waals surface area contributed by atoms with E-state index in [-0.39, 0.29) is 5.78 Å². The quantitative estimate of drug-likeness (QED) is 0.721. The van der Waals surface area contributed by atoms with Gasteiger partial charge in [-0.3, -0.25) is 4.79 Å². The fourth-order valence-electron chi connectivity index (χ4n) is 1.66. The van der Waals surface area contributed by atoms with Gasteiger partial charge in [0, 0.05) is 11.3 Å². The smallest absolute Gasteiger partial charge is 0.177 e. The Labute approximate surface area is 120 Å². The number of carbonyl (C=O) groups excluding carboxylic acids is 1. The lowest BCUT2D eigenvalue weighted by Gasteiger charge is -2.03. The van der Waals surface area contributed by atoms with Gasteiger partial charge >= 0.3 is 0 Å². The van der Waals surface area contributed by atoms with Crippen molar-refractivity contribution in [1.29, 1.82) is 0 Å². The lowest BCUT2D eigenvalue weighted by Crippen LogP contribution is -2.01. The van der Waals surface area contributed by atoms with Gasteiger partial charge in [-0.2, -0.15) is 0 Å². The Hall–Kier alpha value is -0.830. The molecule has 0 aliphatic heterocycles. The minimum atomic E-state index is 0.0837. The van der Waals surface area contributed by atoms with Gasteiger partial charge in [0.2, 0.25) is 0 Å². The number of halogens is 2. The average Bonchev–Trinajstić information content (AvgIpc) is 2.66. The van der Waals surface area contributed by atoms with Gasteiger partial charge in [-0.15, -0.1) is 11.3 Å². The minimum absolute atomic E-state index is 0.0837. The molecule has 0 bridgehead atoms. The summed E-state index contributed by atoms with van der Waals surface area (Å²) in [6.45, 7) is 4.03. The number of aryl methyl sites for hydroxylation is 2. The molecule has 4 heteroatoms. The van der Waals surface area contributed by atoms with Crippen LogP contribution in [-0.4, -0.2) is 5.78 Å². The van der Waals surface area contributed by atoms with E-state index in [1.165, 1.54) is 16.2 Å². The van der Waals surface area contributed by atoms with E-state index in [0.29, 0.717) is 16.5 Å². The molecule has 0 saturated carbocycles. The Kier molecular flexibility index (Phi) is 4.10. The van der Waals surface area contributed by atoms with Crippen LogP contribution in [0.2, 0.25) is 10.0 Å². The molecule has 0 N–H and O–H groups in total. The zero-order valence-electron chi connectivity index (χ0n) is 10.1. The Morgan fingerprint density at radius 1 is 1.28 bits per heavy atom. The predicted molar refractivity (Wildman–Crippen MR) is 78.3 cm³/mol. The molecular weight excluding hydrogens is 287 g/mol. The summed E-state index contributed by atoms with van der Waals surface area (Å²) >= 11 is 13.5. The van der Waals surface area contributed by atoms with Crippen LogP contribution < -0.4 is 0 Å². The van der Waals surface area contributed by atoms with Crippen molar-refractivity contribution in [3.05, 3.63) is 55.2 Å². The lowest BCUT2D eigenvalue weighted by atomic mass is 10.1. The Morgan fingerprint density at radius 3 is 2.61 bits per heavy atom. The molecule has 1 aromatic heterocycles. The van der Waals surface area contributed by atoms with Gasteiger partial charge in [0.1, 0.15) is 0 Å². The molecule has 1 aromatic carbocycles. The van der Waals surface area contributed by atoms with E-state index in [4.69, 9.17) is 23.2 Å². The van der Waals surface area contributed by atoms with E-state index in [2.05, 4.69) is 0 Å². The molecule has 0 aliphatic rings. The van der Waals surface area contributed by atoms with Crippen molar-refractivity contribution in [2.24, 2.45) is 0 Å². The molecule has 0 unspecified atom stereocenters. The van der Waals surface area contributed by atoms with E-state index < -0.39 is 0 Å². The molecule has 0 amide bonds. The van der Waals surface area contributed by atoms with Crippen molar-refractivity contribution in [2.75, 3.05) is 0 Å². The SMILES string of the molecule is Cc1cc(C(=O)Cc2cccc(Cl)c2Cl)sc1C. The molecule has 1 nitrogen and oxygen atoms in total. The number of thiophene rings is 1. The van der Waals surface area contributed by atoms with Gasteiger partial charge in [-0.05, 0) is 37.1 Å². The largest absolute Gasteiger partial charge is 0.293 e. The van der Waals surface area contributed by atoms with E-state index in [9.17, 15) is 4.79 Å². The Morgan fingerprint density at radius 2 is 2.00 bits per heavy atom. The Balaban J connectivity index is 2.24. The van der Waals surface area contributed by atoms with Crippen molar-refractivity contribution in [2.45, 2.75) is 20.3 Å². The molecule has 94 valence electrons. The maximum atomic E-state index is 12.2. The van der Waals surface area contributed by atoms with Crippen molar-refractivity contribution >= 4 is 40.3 Å². The number of benzene rings is 1. The van der Waals surface area contributed by atoms with Gasteiger partial charge in [-0.1, -0.05) is 35.3 Å². The highest BCUT2D eigenvalue weighted by Crippen LogP contribution is 2.28. The lowest BCUT2D eigenvalue weighted by molar-refractivity contribution is 0.0997. The topological polar surface area (TPSA) is 17.1 Å². The van der Waals surface area contributed by atoms with Gasteiger partial charge in [0.25, 0.3) is 0 Å². The van der Waals surface area contributed by atoms with Crippen molar-refractivity contribution < 1.29 is 4.79 Å². The molecule has 0 aliphatic carbocycles. The second-order valence-electron chi connectivity index (χ2n) is 4.16. The van der Waals surface area contributed by atoms with Gasteiger partial charge in [0.05, 0.1) is 14.9 Å². The summed E-state index contributed by atoms with van der Waals surface area (Å²) in [6, 6.07) is 7.29. The van der Waals surface area contributed by atoms with Crippen LogP contribution in [0.1, 0.15) is 25.7 Å². The highest BCUT2D eigenvalue weighted by Gasteiger charge is 2.14. The first-order valence-electron chi connectivity index (χ1n) is 5.52. The summed E-state index contributed by atoms with van der Waals surface area (Å²) in [5, 5.41) is 0.957. The normalized spacial score (nSPS) is 10.7. The zero-order chi connectivity index (χ0) is 13.3. The summed E-state index contributed by atoms with van der Waals surface area (Å²) in [5.41, 5.74) is 1.93.